The van der Waals surface area contributed by atoms with Gasteiger partial charge in [-0.15, -0.1) is 0 Å². The monoisotopic (exact) mass is 242 g/mol. The number of carbonyl (C=O) groups is 2. The molecule has 0 aromatic heterocycles. The number of hydrogen-bond donors (Lipinski definition) is 2. The maximum atomic E-state index is 11.4. The molecule has 0 heterocycles. The van der Waals surface area contributed by atoms with Gasteiger partial charge in [0.1, 0.15) is 0 Å². The third kappa shape index (κ3) is 1.26. The Bertz CT molecular complexity index is 700. The zero-order chi connectivity index (χ0) is 12.9. The standard InChI is InChI=1S/C14H10O4/c15-13(16)11-9-4-2-1-3-7(9)8-5-6-10(8)12(11)14(17)18/h1-4H,5-6H2,(H,15,16)(H,17,18). The van der Waals surface area contributed by atoms with Crippen LogP contribution in [-0.2, 0) is 12.8 Å². The number of aromatic carboxylic acids is 2. The number of fused-ring (bicyclic) bond motifs is 3. The minimum atomic E-state index is -1.18. The molecule has 4 nitrogen and oxygen atoms in total. The SMILES string of the molecule is O=C(O)c1c2c(c3ccccc3c1C(=O)O)CC2. The van der Waals surface area contributed by atoms with Crippen molar-refractivity contribution in [2.24, 2.45) is 0 Å². The molecule has 1 aliphatic carbocycles. The molecule has 2 N–H and O–H groups in total. The predicted molar refractivity (Wildman–Crippen MR) is 65.3 cm³/mol. The zero-order valence-corrected chi connectivity index (χ0v) is 9.43. The zero-order valence-electron chi connectivity index (χ0n) is 9.43. The van der Waals surface area contributed by atoms with Gasteiger partial charge in [-0.25, -0.2) is 9.59 Å². The van der Waals surface area contributed by atoms with E-state index in [0.717, 1.165) is 17.4 Å². The van der Waals surface area contributed by atoms with Gasteiger partial charge in [0.25, 0.3) is 0 Å². The molecule has 0 spiro atoms. The summed E-state index contributed by atoms with van der Waals surface area (Å²) in [6, 6.07) is 7.09. The van der Waals surface area contributed by atoms with Gasteiger partial charge in [0, 0.05) is 0 Å². The van der Waals surface area contributed by atoms with E-state index in [9.17, 15) is 19.8 Å². The Balaban J connectivity index is 2.54. The number of aryl methyl sites for hydroxylation is 1. The lowest BCUT2D eigenvalue weighted by Gasteiger charge is -2.25. The molecule has 4 heteroatoms. The number of rotatable bonds is 2. The molecule has 2 aromatic carbocycles. The van der Waals surface area contributed by atoms with E-state index in [1.807, 2.05) is 12.1 Å². The Morgan fingerprint density at radius 2 is 1.39 bits per heavy atom. The fraction of sp³-hybridized carbons (Fsp3) is 0.143. The van der Waals surface area contributed by atoms with Gasteiger partial charge in [0.2, 0.25) is 0 Å². The molecule has 0 atom stereocenters. The first-order valence-electron chi connectivity index (χ1n) is 5.64. The van der Waals surface area contributed by atoms with Crippen molar-refractivity contribution in [3.05, 3.63) is 46.5 Å². The smallest absolute Gasteiger partial charge is 0.337 e. The van der Waals surface area contributed by atoms with Gasteiger partial charge in [0.05, 0.1) is 11.1 Å². The van der Waals surface area contributed by atoms with E-state index in [-0.39, 0.29) is 11.1 Å². The van der Waals surface area contributed by atoms with Gasteiger partial charge >= 0.3 is 11.9 Å². The number of benzene rings is 2. The van der Waals surface area contributed by atoms with Gasteiger partial charge in [0.15, 0.2) is 0 Å². The summed E-state index contributed by atoms with van der Waals surface area (Å²) in [5, 5.41) is 19.9. The summed E-state index contributed by atoms with van der Waals surface area (Å²) in [6.45, 7) is 0. The average molecular weight is 242 g/mol. The Morgan fingerprint density at radius 1 is 0.833 bits per heavy atom. The lowest BCUT2D eigenvalue weighted by atomic mass is 9.78. The van der Waals surface area contributed by atoms with E-state index in [1.165, 1.54) is 0 Å². The summed E-state index contributed by atoms with van der Waals surface area (Å²) in [5.74, 6) is -2.34. The highest BCUT2D eigenvalue weighted by Crippen LogP contribution is 2.37. The van der Waals surface area contributed by atoms with Crippen LogP contribution in [0.25, 0.3) is 10.8 Å². The number of hydrogen-bond acceptors (Lipinski definition) is 2. The van der Waals surface area contributed by atoms with Gasteiger partial charge in [-0.05, 0) is 34.7 Å². The molecule has 0 aliphatic heterocycles. The molecule has 0 unspecified atom stereocenters. The van der Waals surface area contributed by atoms with Crippen LogP contribution in [-0.4, -0.2) is 22.2 Å². The van der Waals surface area contributed by atoms with Crippen LogP contribution >= 0.6 is 0 Å². The van der Waals surface area contributed by atoms with E-state index >= 15 is 0 Å². The molecule has 0 saturated carbocycles. The fourth-order valence-corrected chi connectivity index (χ4v) is 2.66. The summed E-state index contributed by atoms with van der Waals surface area (Å²) in [6.07, 6.45) is 1.46. The molecule has 0 radical (unpaired) electrons. The summed E-state index contributed by atoms with van der Waals surface area (Å²) < 4.78 is 0. The molecular weight excluding hydrogens is 232 g/mol. The molecule has 0 bridgehead atoms. The molecular formula is C14H10O4. The van der Waals surface area contributed by atoms with Crippen molar-refractivity contribution < 1.29 is 19.8 Å². The molecule has 0 amide bonds. The van der Waals surface area contributed by atoms with Crippen LogP contribution < -0.4 is 0 Å². The molecule has 18 heavy (non-hydrogen) atoms. The Labute approximate surface area is 102 Å². The second kappa shape index (κ2) is 3.57. The second-order valence-corrected chi connectivity index (χ2v) is 4.36. The van der Waals surface area contributed by atoms with Gasteiger partial charge in [-0.3, -0.25) is 0 Å². The maximum absolute atomic E-state index is 11.4. The van der Waals surface area contributed by atoms with E-state index in [4.69, 9.17) is 0 Å². The van der Waals surface area contributed by atoms with Crippen molar-refractivity contribution >= 4 is 22.7 Å². The van der Waals surface area contributed by atoms with Gasteiger partial charge < -0.3 is 10.2 Å². The lowest BCUT2D eigenvalue weighted by Crippen LogP contribution is -2.20. The number of carboxylic acids is 2. The third-order valence-corrected chi connectivity index (χ3v) is 3.49. The van der Waals surface area contributed by atoms with Crippen LogP contribution in [0.4, 0.5) is 0 Å². The number of carboxylic acid groups (broad SMARTS) is 2. The summed E-state index contributed by atoms with van der Waals surface area (Å²) in [7, 11) is 0. The van der Waals surface area contributed by atoms with Crippen LogP contribution in [0.1, 0.15) is 31.8 Å². The summed E-state index contributed by atoms with van der Waals surface area (Å²) >= 11 is 0. The van der Waals surface area contributed by atoms with Crippen LogP contribution in [0.3, 0.4) is 0 Å². The molecule has 3 rings (SSSR count). The Hall–Kier alpha value is -2.36. The molecule has 1 aliphatic rings. The van der Waals surface area contributed by atoms with Crippen molar-refractivity contribution in [1.29, 1.82) is 0 Å². The summed E-state index contributed by atoms with van der Waals surface area (Å²) in [4.78, 5) is 22.7. The minimum absolute atomic E-state index is 0.0394. The van der Waals surface area contributed by atoms with E-state index in [0.29, 0.717) is 17.4 Å². The first kappa shape index (κ1) is 10.8. The second-order valence-electron chi connectivity index (χ2n) is 4.36. The van der Waals surface area contributed by atoms with Crippen molar-refractivity contribution in [2.75, 3.05) is 0 Å². The van der Waals surface area contributed by atoms with Crippen molar-refractivity contribution in [2.45, 2.75) is 12.8 Å². The molecule has 2 aromatic rings. The highest BCUT2D eigenvalue weighted by molar-refractivity contribution is 6.14. The maximum Gasteiger partial charge on any atom is 0.337 e. The van der Waals surface area contributed by atoms with E-state index in [1.54, 1.807) is 12.1 Å². The lowest BCUT2D eigenvalue weighted by molar-refractivity contribution is 0.0651. The van der Waals surface area contributed by atoms with E-state index < -0.39 is 11.9 Å². The van der Waals surface area contributed by atoms with Crippen molar-refractivity contribution in [1.82, 2.24) is 0 Å². The highest BCUT2D eigenvalue weighted by atomic mass is 16.4. The van der Waals surface area contributed by atoms with Crippen molar-refractivity contribution in [3.8, 4) is 0 Å². The highest BCUT2D eigenvalue weighted by Gasteiger charge is 2.30. The normalized spacial score (nSPS) is 12.9. The first-order valence-corrected chi connectivity index (χ1v) is 5.64. The van der Waals surface area contributed by atoms with Gasteiger partial charge in [-0.2, -0.15) is 0 Å². The Kier molecular flexibility index (Phi) is 2.13. The largest absolute Gasteiger partial charge is 0.478 e. The topological polar surface area (TPSA) is 74.6 Å². The average Bonchev–Trinajstić information content (AvgIpc) is 2.27. The van der Waals surface area contributed by atoms with Crippen LogP contribution in [0, 0.1) is 0 Å². The van der Waals surface area contributed by atoms with Crippen LogP contribution in [0.15, 0.2) is 24.3 Å². The minimum Gasteiger partial charge on any atom is -0.478 e. The predicted octanol–water partition coefficient (Wildman–Crippen LogP) is 2.33. The van der Waals surface area contributed by atoms with Gasteiger partial charge in [-0.1, -0.05) is 24.3 Å². The van der Waals surface area contributed by atoms with Crippen molar-refractivity contribution in [3.63, 3.8) is 0 Å². The quantitative estimate of drug-likeness (QED) is 0.847. The first-order chi connectivity index (χ1) is 8.61. The third-order valence-electron chi connectivity index (χ3n) is 3.49. The van der Waals surface area contributed by atoms with Crippen LogP contribution in [0.5, 0.6) is 0 Å². The summed E-state index contributed by atoms with van der Waals surface area (Å²) in [5.41, 5.74) is 1.53. The molecule has 0 fully saturated rings. The van der Waals surface area contributed by atoms with Crippen LogP contribution in [0.2, 0.25) is 0 Å². The molecule has 90 valence electrons. The fourth-order valence-electron chi connectivity index (χ4n) is 2.66. The Morgan fingerprint density at radius 3 is 1.89 bits per heavy atom. The molecule has 0 saturated heterocycles. The van der Waals surface area contributed by atoms with E-state index in [2.05, 4.69) is 0 Å².